The third-order valence-corrected chi connectivity index (χ3v) is 4.73. The Morgan fingerprint density at radius 2 is 1.93 bits per heavy atom. The Labute approximate surface area is 182 Å². The minimum absolute atomic E-state index is 0. The van der Waals surface area contributed by atoms with Crippen LogP contribution in [-0.4, -0.2) is 68.2 Å². The van der Waals surface area contributed by atoms with Gasteiger partial charge >= 0.3 is 0 Å². The molecule has 0 unspecified atom stereocenters. The van der Waals surface area contributed by atoms with Crippen LogP contribution >= 0.6 is 24.0 Å². The summed E-state index contributed by atoms with van der Waals surface area (Å²) >= 11 is 0. The SMILES string of the molecule is CCNC(=NCCCN(C)Cc1ccccc1)N1CCC(OCC)CC1.I. The van der Waals surface area contributed by atoms with Gasteiger partial charge in [0.1, 0.15) is 0 Å². The molecule has 1 aliphatic rings. The molecule has 1 saturated heterocycles. The quantitative estimate of drug-likeness (QED) is 0.250. The first-order chi connectivity index (χ1) is 12.7. The number of benzene rings is 1. The Morgan fingerprint density at radius 3 is 2.56 bits per heavy atom. The summed E-state index contributed by atoms with van der Waals surface area (Å²) in [6.07, 6.45) is 3.69. The zero-order valence-corrected chi connectivity index (χ0v) is 19.5. The summed E-state index contributed by atoms with van der Waals surface area (Å²) in [7, 11) is 2.18. The van der Waals surface area contributed by atoms with Crippen molar-refractivity contribution in [2.45, 2.75) is 45.8 Å². The predicted molar refractivity (Wildman–Crippen MR) is 125 cm³/mol. The van der Waals surface area contributed by atoms with Gasteiger partial charge in [0.25, 0.3) is 0 Å². The van der Waals surface area contributed by atoms with Gasteiger partial charge < -0.3 is 19.9 Å². The summed E-state index contributed by atoms with van der Waals surface area (Å²) in [5, 5.41) is 3.45. The highest BCUT2D eigenvalue weighted by Gasteiger charge is 2.21. The molecule has 1 aromatic carbocycles. The molecular formula is C21H37IN4O. The monoisotopic (exact) mass is 488 g/mol. The van der Waals surface area contributed by atoms with Gasteiger partial charge in [-0.3, -0.25) is 4.99 Å². The fraction of sp³-hybridized carbons (Fsp3) is 0.667. The van der Waals surface area contributed by atoms with Crippen LogP contribution in [0.25, 0.3) is 0 Å². The van der Waals surface area contributed by atoms with E-state index in [4.69, 9.17) is 9.73 Å². The van der Waals surface area contributed by atoms with Crippen LogP contribution in [0.1, 0.15) is 38.7 Å². The van der Waals surface area contributed by atoms with Gasteiger partial charge in [-0.2, -0.15) is 0 Å². The topological polar surface area (TPSA) is 40.1 Å². The highest BCUT2D eigenvalue weighted by atomic mass is 127. The molecule has 0 spiro atoms. The zero-order valence-electron chi connectivity index (χ0n) is 17.2. The molecule has 154 valence electrons. The second-order valence-electron chi connectivity index (χ2n) is 6.95. The van der Waals surface area contributed by atoms with Gasteiger partial charge in [0.05, 0.1) is 6.10 Å². The number of hydrogen-bond donors (Lipinski definition) is 1. The molecular weight excluding hydrogens is 451 g/mol. The van der Waals surface area contributed by atoms with Crippen LogP contribution in [0.15, 0.2) is 35.3 Å². The van der Waals surface area contributed by atoms with Crippen molar-refractivity contribution < 1.29 is 4.74 Å². The van der Waals surface area contributed by atoms with E-state index in [2.05, 4.69) is 66.3 Å². The van der Waals surface area contributed by atoms with Crippen molar-refractivity contribution in [1.82, 2.24) is 15.1 Å². The predicted octanol–water partition coefficient (Wildman–Crippen LogP) is 3.59. The molecule has 1 aromatic rings. The average Bonchev–Trinajstić information content (AvgIpc) is 2.66. The highest BCUT2D eigenvalue weighted by Crippen LogP contribution is 2.13. The molecule has 0 radical (unpaired) electrons. The molecule has 1 fully saturated rings. The molecule has 6 heteroatoms. The van der Waals surface area contributed by atoms with Gasteiger partial charge in [0.2, 0.25) is 0 Å². The minimum atomic E-state index is 0. The molecule has 0 bridgehead atoms. The molecule has 27 heavy (non-hydrogen) atoms. The third kappa shape index (κ3) is 9.25. The number of guanidine groups is 1. The van der Waals surface area contributed by atoms with Crippen molar-refractivity contribution in [3.05, 3.63) is 35.9 Å². The van der Waals surface area contributed by atoms with E-state index in [0.717, 1.165) is 71.1 Å². The second kappa shape index (κ2) is 14.2. The molecule has 2 rings (SSSR count). The Hall–Kier alpha value is -0.860. The summed E-state index contributed by atoms with van der Waals surface area (Å²) in [5.74, 6) is 1.06. The van der Waals surface area contributed by atoms with E-state index in [1.165, 1.54) is 5.56 Å². The van der Waals surface area contributed by atoms with Crippen molar-refractivity contribution in [3.8, 4) is 0 Å². The Bertz CT molecular complexity index is 518. The summed E-state index contributed by atoms with van der Waals surface area (Å²) in [4.78, 5) is 9.60. The van der Waals surface area contributed by atoms with Crippen molar-refractivity contribution in [3.63, 3.8) is 0 Å². The average molecular weight is 488 g/mol. The summed E-state index contributed by atoms with van der Waals surface area (Å²) in [5.41, 5.74) is 1.36. The first-order valence-electron chi connectivity index (χ1n) is 10.1. The summed E-state index contributed by atoms with van der Waals surface area (Å²) in [6, 6.07) is 10.6. The molecule has 0 aromatic heterocycles. The van der Waals surface area contributed by atoms with Gasteiger partial charge in [0.15, 0.2) is 5.96 Å². The van der Waals surface area contributed by atoms with E-state index < -0.39 is 0 Å². The van der Waals surface area contributed by atoms with Crippen LogP contribution in [0.4, 0.5) is 0 Å². The van der Waals surface area contributed by atoms with Gasteiger partial charge in [-0.1, -0.05) is 30.3 Å². The van der Waals surface area contributed by atoms with E-state index in [1.807, 2.05) is 0 Å². The van der Waals surface area contributed by atoms with E-state index in [-0.39, 0.29) is 24.0 Å². The van der Waals surface area contributed by atoms with Gasteiger partial charge in [-0.05, 0) is 52.3 Å². The van der Waals surface area contributed by atoms with Crippen LogP contribution in [0.5, 0.6) is 0 Å². The van der Waals surface area contributed by atoms with E-state index in [0.29, 0.717) is 6.10 Å². The van der Waals surface area contributed by atoms with Crippen LogP contribution in [0.2, 0.25) is 0 Å². The number of hydrogen-bond acceptors (Lipinski definition) is 3. The maximum atomic E-state index is 5.75. The largest absolute Gasteiger partial charge is 0.378 e. The second-order valence-corrected chi connectivity index (χ2v) is 6.95. The molecule has 5 nitrogen and oxygen atoms in total. The van der Waals surface area contributed by atoms with E-state index >= 15 is 0 Å². The van der Waals surface area contributed by atoms with Crippen LogP contribution in [0, 0.1) is 0 Å². The Kier molecular flexibility index (Phi) is 12.7. The molecule has 0 atom stereocenters. The maximum Gasteiger partial charge on any atom is 0.193 e. The van der Waals surface area contributed by atoms with Crippen molar-refractivity contribution in [1.29, 1.82) is 0 Å². The lowest BCUT2D eigenvalue weighted by Crippen LogP contribution is -2.47. The summed E-state index contributed by atoms with van der Waals surface area (Å²) < 4.78 is 5.75. The lowest BCUT2D eigenvalue weighted by Gasteiger charge is -2.34. The molecule has 1 heterocycles. The molecule has 1 aliphatic heterocycles. The Morgan fingerprint density at radius 1 is 1.22 bits per heavy atom. The number of nitrogens with one attached hydrogen (secondary N) is 1. The number of halogens is 1. The fourth-order valence-corrected chi connectivity index (χ4v) is 3.40. The van der Waals surface area contributed by atoms with Gasteiger partial charge in [-0.15, -0.1) is 24.0 Å². The van der Waals surface area contributed by atoms with Crippen molar-refractivity contribution >= 4 is 29.9 Å². The number of nitrogens with zero attached hydrogens (tertiary/aromatic N) is 3. The smallest absolute Gasteiger partial charge is 0.193 e. The first kappa shape index (κ1) is 24.2. The van der Waals surface area contributed by atoms with Crippen LogP contribution in [-0.2, 0) is 11.3 Å². The molecule has 0 amide bonds. The standard InChI is InChI=1S/C21H36N4O.HI/c1-4-22-21(25-16-12-20(13-17-25)26-5-2)23-14-9-15-24(3)18-19-10-7-6-8-11-19;/h6-8,10-11,20H,4-5,9,12-18H2,1-3H3,(H,22,23);1H. The number of piperidine rings is 1. The lowest BCUT2D eigenvalue weighted by molar-refractivity contribution is 0.0264. The minimum Gasteiger partial charge on any atom is -0.378 e. The Balaban J connectivity index is 0.00000364. The molecule has 0 saturated carbocycles. The first-order valence-corrected chi connectivity index (χ1v) is 10.1. The normalized spacial score (nSPS) is 15.7. The number of aliphatic imine (C=N–C) groups is 1. The number of ether oxygens (including phenoxy) is 1. The van der Waals surface area contributed by atoms with E-state index in [9.17, 15) is 0 Å². The van der Waals surface area contributed by atoms with Crippen LogP contribution in [0.3, 0.4) is 0 Å². The maximum absolute atomic E-state index is 5.75. The third-order valence-electron chi connectivity index (χ3n) is 4.73. The lowest BCUT2D eigenvalue weighted by atomic mass is 10.1. The number of likely N-dealkylation sites (tertiary alicyclic amines) is 1. The highest BCUT2D eigenvalue weighted by molar-refractivity contribution is 14.0. The van der Waals surface area contributed by atoms with Crippen LogP contribution < -0.4 is 5.32 Å². The van der Waals surface area contributed by atoms with Gasteiger partial charge in [-0.25, -0.2) is 0 Å². The van der Waals surface area contributed by atoms with Crippen molar-refractivity contribution in [2.75, 3.05) is 46.4 Å². The van der Waals surface area contributed by atoms with E-state index in [1.54, 1.807) is 0 Å². The van der Waals surface area contributed by atoms with Gasteiger partial charge in [0, 0.05) is 39.3 Å². The number of rotatable bonds is 9. The van der Waals surface area contributed by atoms with Crippen molar-refractivity contribution in [2.24, 2.45) is 4.99 Å². The zero-order chi connectivity index (χ0) is 18.6. The summed E-state index contributed by atoms with van der Waals surface area (Å²) in [6.45, 7) is 10.9. The fourth-order valence-electron chi connectivity index (χ4n) is 3.40. The molecule has 1 N–H and O–H groups in total. The molecule has 0 aliphatic carbocycles.